The molecule has 0 aromatic heterocycles. The van der Waals surface area contributed by atoms with E-state index in [1.165, 1.54) is 193 Å². The SMILES string of the molecule is CCCCCC/C=C\C=C/CCCCCCCC(=O)OC[C@H](COP(=O)(O)OC[C@@H](O)COP(=O)(O)OC[C@@H](COC(=O)CCCCCCCCCCCCC)OC(=O)CCCCCCCCCCCCC(C)CC)OC(=O)CCCCCCCCCCCCCCCCCCC(C)C. The molecule has 0 saturated carbocycles. The van der Waals surface area contributed by atoms with Crippen molar-refractivity contribution < 1.29 is 80.2 Å². The average molecular weight is 1450 g/mol. The van der Waals surface area contributed by atoms with Crippen molar-refractivity contribution in [3.05, 3.63) is 24.3 Å². The maximum atomic E-state index is 13.1. The van der Waals surface area contributed by atoms with Crippen LogP contribution in [0.25, 0.3) is 0 Å². The lowest BCUT2D eigenvalue weighted by atomic mass is 9.99. The van der Waals surface area contributed by atoms with Gasteiger partial charge in [0.2, 0.25) is 0 Å². The first-order chi connectivity index (χ1) is 47.9. The number of carbonyl (C=O) groups excluding carboxylic acids is 4. The highest BCUT2D eigenvalue weighted by Crippen LogP contribution is 2.45. The van der Waals surface area contributed by atoms with Gasteiger partial charge in [-0.05, 0) is 63.2 Å². The van der Waals surface area contributed by atoms with E-state index in [1.807, 2.05) is 0 Å². The number of aliphatic hydroxyl groups excluding tert-OH is 1. The van der Waals surface area contributed by atoms with Gasteiger partial charge in [-0.1, -0.05) is 342 Å². The standard InChI is InChI=1S/C80H152O17P2/c1-7-10-12-14-16-18-20-21-24-28-32-39-45-51-57-63-78(83)91-69-75(96-79(84)64-58-52-46-40-33-29-26-23-22-25-27-31-36-42-48-54-60-72(4)5)70-94-98(86,87)92-66-74(81)67-93-99(88,89)95-71-76(68-90-77(82)62-56-50-44-38-30-19-17-15-13-11-8-2)97-80(85)65-59-53-47-41-35-34-37-43-49-55-61-73(6)9-3/h18,20-21,24,72-76,81H,7-17,19,22-23,25-71H2,1-6H3,(H,86,87)(H,88,89)/b20-18-,24-21-/t73?,74-,75-,76-/m1/s1. The summed E-state index contributed by atoms with van der Waals surface area (Å²) in [5.41, 5.74) is 0. The Kier molecular flexibility index (Phi) is 69.4. The number of aliphatic hydroxyl groups is 1. The number of rotatable bonds is 77. The van der Waals surface area contributed by atoms with Crippen LogP contribution >= 0.6 is 15.6 Å². The molecule has 19 heteroatoms. The van der Waals surface area contributed by atoms with Gasteiger partial charge < -0.3 is 33.8 Å². The van der Waals surface area contributed by atoms with Crippen molar-refractivity contribution in [2.45, 2.75) is 413 Å². The van der Waals surface area contributed by atoms with E-state index in [1.54, 1.807) is 0 Å². The Morgan fingerprint density at radius 2 is 0.596 bits per heavy atom. The highest BCUT2D eigenvalue weighted by atomic mass is 31.2. The van der Waals surface area contributed by atoms with Crippen LogP contribution in [0.2, 0.25) is 0 Å². The Hall–Kier alpha value is -2.46. The minimum atomic E-state index is -4.97. The lowest BCUT2D eigenvalue weighted by Crippen LogP contribution is -2.30. The van der Waals surface area contributed by atoms with Gasteiger partial charge >= 0.3 is 39.5 Å². The summed E-state index contributed by atoms with van der Waals surface area (Å²) < 4.78 is 68.6. The zero-order valence-electron chi connectivity index (χ0n) is 64.3. The fourth-order valence-electron chi connectivity index (χ4n) is 11.8. The number of unbranched alkanes of at least 4 members (excludes halogenated alkanes) is 43. The summed E-state index contributed by atoms with van der Waals surface area (Å²) >= 11 is 0. The van der Waals surface area contributed by atoms with Crippen LogP contribution in [0.1, 0.15) is 395 Å². The second-order valence-corrected chi connectivity index (χ2v) is 31.7. The lowest BCUT2D eigenvalue weighted by Gasteiger charge is -2.21. The molecule has 0 radical (unpaired) electrons. The molecule has 3 N–H and O–H groups in total. The molecule has 0 aliphatic rings. The molecule has 0 heterocycles. The first kappa shape index (κ1) is 96.5. The molecule has 0 saturated heterocycles. The fraction of sp³-hybridized carbons (Fsp3) is 0.900. The summed E-state index contributed by atoms with van der Waals surface area (Å²) in [5.74, 6) is -0.531. The number of allylic oxidation sites excluding steroid dienone is 4. The molecule has 0 fully saturated rings. The van der Waals surface area contributed by atoms with Gasteiger partial charge in [0.25, 0.3) is 0 Å². The molecule has 17 nitrogen and oxygen atoms in total. The predicted molar refractivity (Wildman–Crippen MR) is 404 cm³/mol. The van der Waals surface area contributed by atoms with Gasteiger partial charge in [0.05, 0.1) is 26.4 Å². The second-order valence-electron chi connectivity index (χ2n) is 28.8. The zero-order valence-corrected chi connectivity index (χ0v) is 66.1. The third kappa shape index (κ3) is 72.3. The summed E-state index contributed by atoms with van der Waals surface area (Å²) in [7, 11) is -9.93. The predicted octanol–water partition coefficient (Wildman–Crippen LogP) is 23.4. The summed E-state index contributed by atoms with van der Waals surface area (Å²) in [6.45, 7) is 9.61. The Morgan fingerprint density at radius 1 is 0.333 bits per heavy atom. The molecular weight excluding hydrogens is 1290 g/mol. The van der Waals surface area contributed by atoms with E-state index in [9.17, 15) is 43.2 Å². The van der Waals surface area contributed by atoms with E-state index in [0.717, 1.165) is 121 Å². The number of ether oxygens (including phenoxy) is 4. The van der Waals surface area contributed by atoms with Gasteiger partial charge in [-0.3, -0.25) is 37.3 Å². The first-order valence-corrected chi connectivity index (χ1v) is 43.8. The minimum Gasteiger partial charge on any atom is -0.462 e. The van der Waals surface area contributed by atoms with E-state index in [-0.39, 0.29) is 25.7 Å². The van der Waals surface area contributed by atoms with Gasteiger partial charge in [-0.2, -0.15) is 0 Å². The molecule has 0 aromatic carbocycles. The molecule has 99 heavy (non-hydrogen) atoms. The molecule has 0 amide bonds. The van der Waals surface area contributed by atoms with E-state index in [4.69, 9.17) is 37.0 Å². The maximum absolute atomic E-state index is 13.1. The van der Waals surface area contributed by atoms with E-state index in [2.05, 4.69) is 65.8 Å². The largest absolute Gasteiger partial charge is 0.472 e. The monoisotopic (exact) mass is 1450 g/mol. The van der Waals surface area contributed by atoms with Gasteiger partial charge in [-0.25, -0.2) is 9.13 Å². The van der Waals surface area contributed by atoms with Crippen LogP contribution < -0.4 is 0 Å². The fourth-order valence-corrected chi connectivity index (χ4v) is 13.4. The van der Waals surface area contributed by atoms with Crippen molar-refractivity contribution in [3.63, 3.8) is 0 Å². The van der Waals surface area contributed by atoms with Crippen molar-refractivity contribution >= 4 is 39.5 Å². The quantitative estimate of drug-likeness (QED) is 0.0169. The Bertz CT molecular complexity index is 2000. The van der Waals surface area contributed by atoms with E-state index < -0.39 is 97.5 Å². The third-order valence-corrected chi connectivity index (χ3v) is 20.3. The summed E-state index contributed by atoms with van der Waals surface area (Å²) in [6, 6.07) is 0. The number of hydrogen-bond donors (Lipinski definition) is 3. The second kappa shape index (κ2) is 71.2. The molecule has 0 aliphatic heterocycles. The molecular formula is C80H152O17P2. The summed E-state index contributed by atoms with van der Waals surface area (Å²) in [6.07, 6.45) is 63.1. The number of esters is 4. The molecule has 3 unspecified atom stereocenters. The van der Waals surface area contributed by atoms with Crippen LogP contribution in [0, 0.1) is 11.8 Å². The lowest BCUT2D eigenvalue weighted by molar-refractivity contribution is -0.161. The van der Waals surface area contributed by atoms with Gasteiger partial charge in [-0.15, -0.1) is 0 Å². The topological polar surface area (TPSA) is 237 Å². The third-order valence-electron chi connectivity index (χ3n) is 18.4. The normalized spacial score (nSPS) is 14.4. The number of hydrogen-bond acceptors (Lipinski definition) is 15. The van der Waals surface area contributed by atoms with Crippen LogP contribution in [-0.4, -0.2) is 96.7 Å². The van der Waals surface area contributed by atoms with Crippen LogP contribution in [-0.2, 0) is 65.4 Å². The number of phosphoric ester groups is 2. The van der Waals surface area contributed by atoms with E-state index >= 15 is 0 Å². The maximum Gasteiger partial charge on any atom is 0.472 e. The molecule has 6 atom stereocenters. The van der Waals surface area contributed by atoms with E-state index in [0.29, 0.717) is 25.7 Å². The smallest absolute Gasteiger partial charge is 0.462 e. The summed E-state index contributed by atoms with van der Waals surface area (Å²) in [4.78, 5) is 73.0. The molecule has 0 aliphatic carbocycles. The summed E-state index contributed by atoms with van der Waals surface area (Å²) in [5, 5.41) is 10.6. The van der Waals surface area contributed by atoms with Crippen molar-refractivity contribution in [3.8, 4) is 0 Å². The minimum absolute atomic E-state index is 0.101. The molecule has 0 rings (SSSR count). The highest BCUT2D eigenvalue weighted by molar-refractivity contribution is 7.47. The van der Waals surface area contributed by atoms with Gasteiger partial charge in [0.15, 0.2) is 12.2 Å². The highest BCUT2D eigenvalue weighted by Gasteiger charge is 2.30. The van der Waals surface area contributed by atoms with Crippen LogP contribution in [0.4, 0.5) is 0 Å². The molecule has 0 bridgehead atoms. The Labute approximate surface area is 605 Å². The molecule has 0 spiro atoms. The van der Waals surface area contributed by atoms with Gasteiger partial charge in [0, 0.05) is 25.7 Å². The van der Waals surface area contributed by atoms with Gasteiger partial charge in [0.1, 0.15) is 19.3 Å². The van der Waals surface area contributed by atoms with Crippen LogP contribution in [0.15, 0.2) is 24.3 Å². The van der Waals surface area contributed by atoms with Crippen molar-refractivity contribution in [2.24, 2.45) is 11.8 Å². The number of carbonyl (C=O) groups is 4. The number of phosphoric acid groups is 2. The van der Waals surface area contributed by atoms with Crippen molar-refractivity contribution in [1.29, 1.82) is 0 Å². The Balaban J connectivity index is 5.29. The molecule has 0 aromatic rings. The first-order valence-electron chi connectivity index (χ1n) is 40.8. The average Bonchev–Trinajstić information content (AvgIpc) is 1.72. The Morgan fingerprint density at radius 3 is 0.909 bits per heavy atom. The van der Waals surface area contributed by atoms with Crippen molar-refractivity contribution in [1.82, 2.24) is 0 Å². The van der Waals surface area contributed by atoms with Crippen LogP contribution in [0.5, 0.6) is 0 Å². The van der Waals surface area contributed by atoms with Crippen molar-refractivity contribution in [2.75, 3.05) is 39.6 Å². The zero-order chi connectivity index (χ0) is 72.8. The van der Waals surface area contributed by atoms with Crippen LogP contribution in [0.3, 0.4) is 0 Å². The molecule has 584 valence electrons.